The number of hydrogen-bond acceptors (Lipinski definition) is 3. The molecule has 0 bridgehead atoms. The van der Waals surface area contributed by atoms with Crippen LogP contribution < -0.4 is 0 Å². The first-order valence-corrected chi connectivity index (χ1v) is 4.68. The van der Waals surface area contributed by atoms with E-state index in [-0.39, 0.29) is 6.61 Å². The highest BCUT2D eigenvalue weighted by atomic mass is 16.5. The monoisotopic (exact) mass is 173 g/mol. The van der Waals surface area contributed by atoms with Gasteiger partial charge in [-0.1, -0.05) is 13.8 Å². The van der Waals surface area contributed by atoms with Crippen LogP contribution in [0, 0.1) is 5.92 Å². The minimum atomic E-state index is 0.262. The van der Waals surface area contributed by atoms with Gasteiger partial charge in [0.25, 0.3) is 0 Å². The van der Waals surface area contributed by atoms with Gasteiger partial charge in [0.1, 0.15) is 0 Å². The molecule has 1 atom stereocenters. The lowest BCUT2D eigenvalue weighted by atomic mass is 10.0. The van der Waals surface area contributed by atoms with Crippen LogP contribution in [-0.4, -0.2) is 49.0 Å². The first-order chi connectivity index (χ1) is 5.75. The predicted molar refractivity (Wildman–Crippen MR) is 48.1 cm³/mol. The third kappa shape index (κ3) is 2.44. The molecular weight excluding hydrogens is 154 g/mol. The van der Waals surface area contributed by atoms with E-state index < -0.39 is 0 Å². The number of aliphatic hydroxyl groups excluding tert-OH is 1. The molecule has 1 aliphatic rings. The van der Waals surface area contributed by atoms with Crippen molar-refractivity contribution < 1.29 is 9.84 Å². The summed E-state index contributed by atoms with van der Waals surface area (Å²) in [5, 5.41) is 9.17. The van der Waals surface area contributed by atoms with Gasteiger partial charge in [-0.2, -0.15) is 0 Å². The zero-order chi connectivity index (χ0) is 8.97. The van der Waals surface area contributed by atoms with Crippen LogP contribution in [0.1, 0.15) is 13.8 Å². The molecule has 0 aromatic rings. The molecule has 12 heavy (non-hydrogen) atoms. The fourth-order valence-corrected chi connectivity index (χ4v) is 1.66. The Morgan fingerprint density at radius 1 is 1.33 bits per heavy atom. The number of rotatable bonds is 3. The van der Waals surface area contributed by atoms with Crippen molar-refractivity contribution in [2.24, 2.45) is 5.92 Å². The Bertz CT molecular complexity index is 122. The summed E-state index contributed by atoms with van der Waals surface area (Å²) in [4.78, 5) is 2.31. The Morgan fingerprint density at radius 3 is 2.33 bits per heavy atom. The second-order valence-corrected chi connectivity index (χ2v) is 3.64. The smallest absolute Gasteiger partial charge is 0.0594 e. The Morgan fingerprint density at radius 2 is 1.92 bits per heavy atom. The van der Waals surface area contributed by atoms with Crippen LogP contribution in [0.3, 0.4) is 0 Å². The number of morpholine rings is 1. The van der Waals surface area contributed by atoms with Crippen molar-refractivity contribution in [2.75, 3.05) is 32.9 Å². The molecule has 1 rings (SSSR count). The summed E-state index contributed by atoms with van der Waals surface area (Å²) in [5.41, 5.74) is 0. The maximum absolute atomic E-state index is 9.17. The fourth-order valence-electron chi connectivity index (χ4n) is 1.66. The second kappa shape index (κ2) is 4.80. The molecule has 0 saturated carbocycles. The van der Waals surface area contributed by atoms with E-state index in [1.54, 1.807) is 0 Å². The highest BCUT2D eigenvalue weighted by molar-refractivity contribution is 4.75. The average molecular weight is 173 g/mol. The predicted octanol–water partition coefficient (Wildman–Crippen LogP) is 0.335. The maximum Gasteiger partial charge on any atom is 0.0594 e. The third-order valence-electron chi connectivity index (χ3n) is 2.47. The van der Waals surface area contributed by atoms with Crippen molar-refractivity contribution in [2.45, 2.75) is 19.9 Å². The van der Waals surface area contributed by atoms with Crippen LogP contribution >= 0.6 is 0 Å². The van der Waals surface area contributed by atoms with Crippen molar-refractivity contribution in [3.63, 3.8) is 0 Å². The van der Waals surface area contributed by atoms with Crippen LogP contribution in [0.2, 0.25) is 0 Å². The van der Waals surface area contributed by atoms with E-state index in [0.717, 1.165) is 26.3 Å². The molecule has 1 aliphatic heterocycles. The number of nitrogens with zero attached hydrogens (tertiary/aromatic N) is 1. The minimum absolute atomic E-state index is 0.262. The van der Waals surface area contributed by atoms with Crippen molar-refractivity contribution >= 4 is 0 Å². The van der Waals surface area contributed by atoms with Crippen molar-refractivity contribution in [3.8, 4) is 0 Å². The largest absolute Gasteiger partial charge is 0.395 e. The Hall–Kier alpha value is -0.120. The molecule has 0 aromatic heterocycles. The summed E-state index contributed by atoms with van der Waals surface area (Å²) in [6, 6.07) is 0.314. The quantitative estimate of drug-likeness (QED) is 0.668. The molecule has 0 unspecified atom stereocenters. The molecule has 0 spiro atoms. The van der Waals surface area contributed by atoms with Gasteiger partial charge < -0.3 is 9.84 Å². The molecule has 0 aliphatic carbocycles. The molecule has 72 valence electrons. The van der Waals surface area contributed by atoms with E-state index in [1.807, 2.05) is 0 Å². The Labute approximate surface area is 74.3 Å². The van der Waals surface area contributed by atoms with Crippen molar-refractivity contribution in [3.05, 3.63) is 0 Å². The van der Waals surface area contributed by atoms with Gasteiger partial charge in [0, 0.05) is 19.1 Å². The highest BCUT2D eigenvalue weighted by Gasteiger charge is 2.22. The first-order valence-electron chi connectivity index (χ1n) is 4.68. The fraction of sp³-hybridized carbons (Fsp3) is 1.00. The molecule has 1 N–H and O–H groups in total. The van der Waals surface area contributed by atoms with Gasteiger partial charge in [-0.25, -0.2) is 0 Å². The minimum Gasteiger partial charge on any atom is -0.395 e. The highest BCUT2D eigenvalue weighted by Crippen LogP contribution is 2.11. The summed E-state index contributed by atoms with van der Waals surface area (Å²) in [5.74, 6) is 0.521. The lowest BCUT2D eigenvalue weighted by Crippen LogP contribution is -2.47. The van der Waals surface area contributed by atoms with Crippen LogP contribution in [0.5, 0.6) is 0 Å². The van der Waals surface area contributed by atoms with E-state index in [0.29, 0.717) is 12.0 Å². The van der Waals surface area contributed by atoms with Gasteiger partial charge in [0.15, 0.2) is 0 Å². The van der Waals surface area contributed by atoms with Crippen LogP contribution in [-0.2, 0) is 4.74 Å². The topological polar surface area (TPSA) is 32.7 Å². The first kappa shape index (κ1) is 9.96. The van der Waals surface area contributed by atoms with Gasteiger partial charge in [-0.3, -0.25) is 4.90 Å². The van der Waals surface area contributed by atoms with Gasteiger partial charge in [0.05, 0.1) is 19.8 Å². The number of aliphatic hydroxyl groups is 1. The zero-order valence-electron chi connectivity index (χ0n) is 7.99. The number of hydrogen-bond donors (Lipinski definition) is 1. The van der Waals surface area contributed by atoms with Gasteiger partial charge in [-0.15, -0.1) is 0 Å². The lowest BCUT2D eigenvalue weighted by molar-refractivity contribution is -0.00887. The van der Waals surface area contributed by atoms with Gasteiger partial charge >= 0.3 is 0 Å². The zero-order valence-corrected chi connectivity index (χ0v) is 7.99. The van der Waals surface area contributed by atoms with Crippen molar-refractivity contribution in [1.82, 2.24) is 4.90 Å². The SMILES string of the molecule is CC(C)[C@H](CO)N1CCOCC1. The summed E-state index contributed by atoms with van der Waals surface area (Å²) in [7, 11) is 0. The normalized spacial score (nSPS) is 23.0. The lowest BCUT2D eigenvalue weighted by Gasteiger charge is -2.35. The van der Waals surface area contributed by atoms with E-state index >= 15 is 0 Å². The average Bonchev–Trinajstić information content (AvgIpc) is 2.07. The number of ether oxygens (including phenoxy) is 1. The van der Waals surface area contributed by atoms with Crippen LogP contribution in [0.15, 0.2) is 0 Å². The molecule has 0 radical (unpaired) electrons. The summed E-state index contributed by atoms with van der Waals surface area (Å²) in [6.45, 7) is 8.10. The Balaban J connectivity index is 2.40. The molecule has 3 heteroatoms. The second-order valence-electron chi connectivity index (χ2n) is 3.64. The molecule has 0 amide bonds. The van der Waals surface area contributed by atoms with Crippen molar-refractivity contribution in [1.29, 1.82) is 0 Å². The molecular formula is C9H19NO2. The van der Waals surface area contributed by atoms with Crippen LogP contribution in [0.4, 0.5) is 0 Å². The Kier molecular flexibility index (Phi) is 3.98. The maximum atomic E-state index is 9.17. The van der Waals surface area contributed by atoms with E-state index in [9.17, 15) is 0 Å². The van der Waals surface area contributed by atoms with Crippen LogP contribution in [0.25, 0.3) is 0 Å². The standard InChI is InChI=1S/C9H19NO2/c1-8(2)9(7-11)10-3-5-12-6-4-10/h8-9,11H,3-7H2,1-2H3/t9-/m0/s1. The molecule has 3 nitrogen and oxygen atoms in total. The van der Waals surface area contributed by atoms with E-state index in [4.69, 9.17) is 9.84 Å². The molecule has 1 fully saturated rings. The third-order valence-corrected chi connectivity index (χ3v) is 2.47. The summed E-state index contributed by atoms with van der Waals surface area (Å²) >= 11 is 0. The van der Waals surface area contributed by atoms with E-state index in [1.165, 1.54) is 0 Å². The van der Waals surface area contributed by atoms with Gasteiger partial charge in [-0.05, 0) is 5.92 Å². The molecule has 1 heterocycles. The van der Waals surface area contributed by atoms with E-state index in [2.05, 4.69) is 18.7 Å². The molecule has 1 saturated heterocycles. The summed E-state index contributed by atoms with van der Waals surface area (Å²) in [6.07, 6.45) is 0. The summed E-state index contributed by atoms with van der Waals surface area (Å²) < 4.78 is 5.25. The molecule has 0 aromatic carbocycles. The van der Waals surface area contributed by atoms with Gasteiger partial charge in [0.2, 0.25) is 0 Å².